The van der Waals surface area contributed by atoms with Crippen LogP contribution in [0.15, 0.2) is 39.9 Å². The van der Waals surface area contributed by atoms with E-state index in [-0.39, 0.29) is 17.1 Å². The minimum atomic E-state index is -0.497. The maximum absolute atomic E-state index is 12.9. The van der Waals surface area contributed by atoms with E-state index in [9.17, 15) is 14.9 Å². The molecule has 0 unspecified atom stereocenters. The fraction of sp³-hybridized carbons (Fsp3) is 0.304. The highest BCUT2D eigenvalue weighted by Crippen LogP contribution is 2.32. The van der Waals surface area contributed by atoms with E-state index in [1.165, 1.54) is 22.8 Å². The summed E-state index contributed by atoms with van der Waals surface area (Å²) in [5, 5.41) is 27.0. The Balaban J connectivity index is 1.50. The third kappa shape index (κ3) is 4.04. The lowest BCUT2D eigenvalue weighted by atomic mass is 10.1. The number of aryl methyl sites for hydroxylation is 2. The van der Waals surface area contributed by atoms with Gasteiger partial charge in [-0.2, -0.15) is 10.0 Å². The maximum atomic E-state index is 12.9. The van der Waals surface area contributed by atoms with Crippen LogP contribution < -0.4 is 0 Å². The molecule has 1 amide bonds. The summed E-state index contributed by atoms with van der Waals surface area (Å²) >= 11 is 1.28. The molecule has 4 heterocycles. The van der Waals surface area contributed by atoms with E-state index in [4.69, 9.17) is 10.1 Å². The Morgan fingerprint density at radius 1 is 1.17 bits per heavy atom. The number of benzene rings is 1. The van der Waals surface area contributed by atoms with E-state index in [1.807, 2.05) is 31.4 Å². The molecule has 2 aromatic rings. The number of nitrogens with one attached hydrogen (secondary N) is 1. The second kappa shape index (κ2) is 8.78. The Morgan fingerprint density at radius 2 is 1.91 bits per heavy atom. The van der Waals surface area contributed by atoms with Crippen LogP contribution in [0.3, 0.4) is 0 Å². The first kappa shape index (κ1) is 23.0. The van der Waals surface area contributed by atoms with Crippen molar-refractivity contribution < 1.29 is 14.5 Å². The van der Waals surface area contributed by atoms with Crippen molar-refractivity contribution in [1.29, 1.82) is 5.41 Å². The highest BCUT2D eigenvalue weighted by atomic mass is 32.2. The van der Waals surface area contributed by atoms with Crippen molar-refractivity contribution in [2.75, 3.05) is 26.3 Å². The second-order valence-electron chi connectivity index (χ2n) is 8.39. The molecule has 1 N–H and O–H groups in total. The van der Waals surface area contributed by atoms with Gasteiger partial charge in [-0.15, -0.1) is 5.10 Å². The van der Waals surface area contributed by atoms with Gasteiger partial charge in [0.25, 0.3) is 11.6 Å². The number of rotatable bonds is 3. The minimum Gasteiger partial charge on any atom is -0.378 e. The zero-order chi connectivity index (χ0) is 24.9. The number of amides is 1. The van der Waals surface area contributed by atoms with Crippen molar-refractivity contribution >= 4 is 45.6 Å². The molecule has 0 saturated carbocycles. The molecule has 0 bridgehead atoms. The summed E-state index contributed by atoms with van der Waals surface area (Å²) in [6.07, 6.45) is 1.64. The molecule has 5 rings (SSSR count). The molecular weight excluding hydrogens is 470 g/mol. The Bertz CT molecular complexity index is 1370. The van der Waals surface area contributed by atoms with Crippen molar-refractivity contribution in [3.8, 4) is 5.69 Å². The quantitative estimate of drug-likeness (QED) is 0.395. The molecule has 0 spiro atoms. The minimum absolute atomic E-state index is 0.00424. The smallest absolute Gasteiger partial charge is 0.283 e. The lowest BCUT2D eigenvalue weighted by molar-refractivity contribution is -0.384. The number of nitro groups is 1. The van der Waals surface area contributed by atoms with Crippen LogP contribution in [-0.2, 0) is 9.53 Å². The molecule has 180 valence electrons. The van der Waals surface area contributed by atoms with Crippen molar-refractivity contribution in [3.05, 3.63) is 62.5 Å². The number of hydrazone groups is 1. The number of carbonyl (C=O) groups is 1. The van der Waals surface area contributed by atoms with Gasteiger partial charge in [-0.1, -0.05) is 6.07 Å². The first-order valence-electron chi connectivity index (χ1n) is 11.0. The predicted molar refractivity (Wildman–Crippen MR) is 134 cm³/mol. The van der Waals surface area contributed by atoms with Gasteiger partial charge in [-0.05, 0) is 55.8 Å². The molecule has 35 heavy (non-hydrogen) atoms. The lowest BCUT2D eigenvalue weighted by Gasteiger charge is -2.26. The van der Waals surface area contributed by atoms with E-state index in [0.29, 0.717) is 42.3 Å². The first-order valence-corrected chi connectivity index (χ1v) is 11.8. The molecule has 0 radical (unpaired) electrons. The van der Waals surface area contributed by atoms with Gasteiger partial charge in [-0.25, -0.2) is 0 Å². The van der Waals surface area contributed by atoms with E-state index in [2.05, 4.69) is 15.0 Å². The zero-order valence-electron chi connectivity index (χ0n) is 19.4. The number of amidine groups is 3. The van der Waals surface area contributed by atoms with E-state index >= 15 is 0 Å². The van der Waals surface area contributed by atoms with Crippen LogP contribution in [0, 0.1) is 36.3 Å². The third-order valence-corrected chi connectivity index (χ3v) is 7.11. The van der Waals surface area contributed by atoms with Crippen LogP contribution in [0.4, 0.5) is 5.69 Å². The molecule has 1 saturated heterocycles. The standard InChI is InChI=1S/C23H23N7O4S/c1-13-4-5-17(30(32)33)12-19(13)28-14(2)10-16(15(28)3)11-18-20(24)29-22(25-21(18)31)35-23(26-29)27-6-8-34-9-7-27/h4-5,10-12,24H,6-9H2,1-3H3/b18-11-,24-20?. The number of non-ortho nitro benzene ring substituents is 1. The number of hydrogen-bond donors (Lipinski definition) is 1. The van der Waals surface area contributed by atoms with E-state index in [0.717, 1.165) is 22.5 Å². The summed E-state index contributed by atoms with van der Waals surface area (Å²) in [5.74, 6) is -0.532. The summed E-state index contributed by atoms with van der Waals surface area (Å²) in [6.45, 7) is 8.26. The molecule has 3 aliphatic heterocycles. The maximum Gasteiger partial charge on any atom is 0.283 e. The van der Waals surface area contributed by atoms with Gasteiger partial charge in [0.05, 0.1) is 29.4 Å². The average molecular weight is 494 g/mol. The number of nitrogens with zero attached hydrogens (tertiary/aromatic N) is 6. The SMILES string of the molecule is Cc1ccc([N+](=O)[O-])cc1-n1c(C)cc(/C=C2/C(=N)N3N=C(N4CCOCC4)SC3=NC2=O)c1C. The fourth-order valence-electron chi connectivity index (χ4n) is 4.28. The normalized spacial score (nSPS) is 19.2. The van der Waals surface area contributed by atoms with Crippen molar-refractivity contribution in [3.63, 3.8) is 0 Å². The molecule has 12 heteroatoms. The van der Waals surface area contributed by atoms with Crippen molar-refractivity contribution in [2.24, 2.45) is 10.1 Å². The summed E-state index contributed by atoms with van der Waals surface area (Å²) in [7, 11) is 0. The number of ether oxygens (including phenoxy) is 1. The molecule has 3 aliphatic rings. The van der Waals surface area contributed by atoms with Gasteiger partial charge in [-0.3, -0.25) is 20.3 Å². The third-order valence-electron chi connectivity index (χ3n) is 6.14. The Kier molecular flexibility index (Phi) is 5.77. The van der Waals surface area contributed by atoms with Crippen LogP contribution in [0.2, 0.25) is 0 Å². The Hall–Kier alpha value is -3.77. The Labute approximate surface area is 205 Å². The monoisotopic (exact) mass is 493 g/mol. The van der Waals surface area contributed by atoms with Gasteiger partial charge in [0, 0.05) is 36.6 Å². The number of hydrogen-bond acceptors (Lipinski definition) is 8. The van der Waals surface area contributed by atoms with Crippen LogP contribution in [0.5, 0.6) is 0 Å². The number of thioether (sulfide) groups is 1. The largest absolute Gasteiger partial charge is 0.378 e. The lowest BCUT2D eigenvalue weighted by Crippen LogP contribution is -2.39. The number of morpholine rings is 1. The van der Waals surface area contributed by atoms with Crippen LogP contribution >= 0.6 is 11.8 Å². The van der Waals surface area contributed by atoms with Gasteiger partial charge in [0.15, 0.2) is 11.0 Å². The van der Waals surface area contributed by atoms with Gasteiger partial charge in [0.1, 0.15) is 0 Å². The number of carbonyl (C=O) groups excluding carboxylic acids is 1. The molecule has 1 aromatic carbocycles. The topological polar surface area (TPSA) is 129 Å². The molecule has 11 nitrogen and oxygen atoms in total. The van der Waals surface area contributed by atoms with E-state index in [1.54, 1.807) is 18.2 Å². The molecular formula is C23H23N7O4S. The molecule has 1 aromatic heterocycles. The predicted octanol–water partition coefficient (Wildman–Crippen LogP) is 3.22. The van der Waals surface area contributed by atoms with E-state index < -0.39 is 10.8 Å². The first-order chi connectivity index (χ1) is 16.7. The summed E-state index contributed by atoms with van der Waals surface area (Å²) in [6, 6.07) is 6.63. The number of aromatic nitrogens is 1. The number of nitro benzene ring substituents is 1. The molecule has 0 aliphatic carbocycles. The van der Waals surface area contributed by atoms with Gasteiger partial charge in [0.2, 0.25) is 5.17 Å². The van der Waals surface area contributed by atoms with Crippen LogP contribution in [-0.4, -0.2) is 67.8 Å². The number of fused-ring (bicyclic) bond motifs is 1. The zero-order valence-corrected chi connectivity index (χ0v) is 20.3. The summed E-state index contributed by atoms with van der Waals surface area (Å²) in [4.78, 5) is 30.0. The summed E-state index contributed by atoms with van der Waals surface area (Å²) < 4.78 is 7.31. The highest BCUT2D eigenvalue weighted by Gasteiger charge is 2.37. The van der Waals surface area contributed by atoms with Gasteiger partial charge >= 0.3 is 0 Å². The number of aliphatic imine (C=N–C) groups is 1. The molecule has 0 atom stereocenters. The van der Waals surface area contributed by atoms with Crippen LogP contribution in [0.25, 0.3) is 11.8 Å². The summed E-state index contributed by atoms with van der Waals surface area (Å²) in [5.41, 5.74) is 4.08. The fourth-order valence-corrected chi connectivity index (χ4v) is 5.22. The van der Waals surface area contributed by atoms with Gasteiger partial charge < -0.3 is 14.2 Å². The second-order valence-corrected chi connectivity index (χ2v) is 9.33. The Morgan fingerprint density at radius 3 is 2.63 bits per heavy atom. The van der Waals surface area contributed by atoms with Crippen molar-refractivity contribution in [1.82, 2.24) is 14.5 Å². The van der Waals surface area contributed by atoms with Crippen LogP contribution in [0.1, 0.15) is 22.5 Å². The highest BCUT2D eigenvalue weighted by molar-refractivity contribution is 8.26. The van der Waals surface area contributed by atoms with Crippen molar-refractivity contribution in [2.45, 2.75) is 20.8 Å². The average Bonchev–Trinajstić information content (AvgIpc) is 3.38. The molecule has 1 fully saturated rings.